The summed E-state index contributed by atoms with van der Waals surface area (Å²) in [5.41, 5.74) is 6.22. The lowest BCUT2D eigenvalue weighted by atomic mass is 10.1. The Labute approximate surface area is 188 Å². The Kier molecular flexibility index (Phi) is 11.7. The van der Waals surface area contributed by atoms with Gasteiger partial charge in [0.25, 0.3) is 0 Å². The number of aromatic amines is 1. The number of nitrogens with zero attached hydrogens (tertiary/aromatic N) is 1. The number of aliphatic carboxylic acids is 1. The molecule has 0 bridgehead atoms. The van der Waals surface area contributed by atoms with Gasteiger partial charge in [0.05, 0.1) is 25.1 Å². The van der Waals surface area contributed by atoms with Crippen LogP contribution in [0.15, 0.2) is 12.5 Å². The number of nitrogens with one attached hydrogen (secondary N) is 4. The molecule has 32 heavy (non-hydrogen) atoms. The Bertz CT molecular complexity index is 761. The molecule has 1 aromatic rings. The molecule has 14 heteroatoms. The summed E-state index contributed by atoms with van der Waals surface area (Å²) in [5.74, 6) is -3.23. The number of carboxylic acids is 1. The van der Waals surface area contributed by atoms with Gasteiger partial charge >= 0.3 is 5.97 Å². The van der Waals surface area contributed by atoms with E-state index in [9.17, 15) is 34.5 Å². The standard InChI is InChI=1S/C18H30N6O7S/c1-9(26)14(18(30)31)24-16(28)12(5-10-6-20-8-21-10)22-17(29)13(7-25)23-15(27)11(19)3-4-32-2/h6,8-9,11-14,25-26H,3-5,7,19H2,1-2H3,(H,20,21)(H,22,29)(H,23,27)(H,24,28)(H,30,31). The normalized spacial score (nSPS) is 15.7. The van der Waals surface area contributed by atoms with E-state index in [1.54, 1.807) is 0 Å². The monoisotopic (exact) mass is 474 g/mol. The van der Waals surface area contributed by atoms with E-state index in [1.165, 1.54) is 31.2 Å². The third kappa shape index (κ3) is 8.82. The smallest absolute Gasteiger partial charge is 0.328 e. The Morgan fingerprint density at radius 2 is 1.78 bits per heavy atom. The van der Waals surface area contributed by atoms with Crippen molar-refractivity contribution in [3.63, 3.8) is 0 Å². The molecule has 1 aromatic heterocycles. The van der Waals surface area contributed by atoms with Gasteiger partial charge < -0.3 is 42.0 Å². The highest BCUT2D eigenvalue weighted by atomic mass is 32.2. The maximum Gasteiger partial charge on any atom is 0.328 e. The first-order valence-electron chi connectivity index (χ1n) is 9.75. The summed E-state index contributed by atoms with van der Waals surface area (Å²) in [6.45, 7) is 0.440. The number of imidazole rings is 1. The van der Waals surface area contributed by atoms with Gasteiger partial charge in [0.1, 0.15) is 12.1 Å². The Morgan fingerprint density at radius 3 is 2.28 bits per heavy atom. The zero-order valence-electron chi connectivity index (χ0n) is 17.8. The summed E-state index contributed by atoms with van der Waals surface area (Å²) in [4.78, 5) is 55.3. The summed E-state index contributed by atoms with van der Waals surface area (Å²) >= 11 is 1.50. The molecule has 1 heterocycles. The Hall–Kier alpha value is -2.68. The van der Waals surface area contributed by atoms with Gasteiger partial charge in [-0.1, -0.05) is 0 Å². The van der Waals surface area contributed by atoms with Gasteiger partial charge in [-0.2, -0.15) is 11.8 Å². The lowest BCUT2D eigenvalue weighted by Gasteiger charge is -2.25. The summed E-state index contributed by atoms with van der Waals surface area (Å²) in [6, 6.07) is -5.16. The average molecular weight is 475 g/mol. The largest absolute Gasteiger partial charge is 0.480 e. The van der Waals surface area contributed by atoms with E-state index < -0.39 is 60.6 Å². The predicted octanol–water partition coefficient (Wildman–Crippen LogP) is -3.06. The van der Waals surface area contributed by atoms with Crippen molar-refractivity contribution in [2.45, 2.75) is 50.0 Å². The first kappa shape index (κ1) is 27.4. The first-order valence-corrected chi connectivity index (χ1v) is 11.1. The number of amides is 3. The summed E-state index contributed by atoms with van der Waals surface area (Å²) < 4.78 is 0. The fourth-order valence-electron chi connectivity index (χ4n) is 2.59. The zero-order chi connectivity index (χ0) is 24.3. The number of H-pyrrole nitrogens is 1. The molecule has 13 nitrogen and oxygen atoms in total. The van der Waals surface area contributed by atoms with Gasteiger partial charge in [-0.15, -0.1) is 0 Å². The van der Waals surface area contributed by atoms with Crippen LogP contribution in [0.2, 0.25) is 0 Å². The van der Waals surface area contributed by atoms with Crippen molar-refractivity contribution in [3.8, 4) is 0 Å². The Morgan fingerprint density at radius 1 is 1.16 bits per heavy atom. The fraction of sp³-hybridized carbons (Fsp3) is 0.611. The lowest BCUT2D eigenvalue weighted by molar-refractivity contribution is -0.145. The molecule has 0 spiro atoms. The molecule has 0 aromatic carbocycles. The van der Waals surface area contributed by atoms with Crippen LogP contribution in [-0.4, -0.2) is 97.9 Å². The second-order valence-corrected chi connectivity index (χ2v) is 8.02. The molecule has 0 saturated carbocycles. The quantitative estimate of drug-likeness (QED) is 0.136. The van der Waals surface area contributed by atoms with Crippen LogP contribution in [0.1, 0.15) is 19.0 Å². The molecule has 0 aliphatic rings. The lowest BCUT2D eigenvalue weighted by Crippen LogP contribution is -2.59. The number of rotatable bonds is 14. The molecule has 1 rings (SSSR count). The average Bonchev–Trinajstić information content (AvgIpc) is 3.25. The third-order valence-electron chi connectivity index (χ3n) is 4.44. The van der Waals surface area contributed by atoms with Crippen molar-refractivity contribution in [2.75, 3.05) is 18.6 Å². The number of hydrogen-bond donors (Lipinski definition) is 8. The van der Waals surface area contributed by atoms with Crippen LogP contribution in [-0.2, 0) is 25.6 Å². The predicted molar refractivity (Wildman–Crippen MR) is 115 cm³/mol. The van der Waals surface area contributed by atoms with Crippen LogP contribution in [0.25, 0.3) is 0 Å². The van der Waals surface area contributed by atoms with Crippen LogP contribution < -0.4 is 21.7 Å². The number of carbonyl (C=O) groups excluding carboxylic acids is 3. The van der Waals surface area contributed by atoms with Crippen molar-refractivity contribution in [1.82, 2.24) is 25.9 Å². The minimum atomic E-state index is -1.61. The molecule has 180 valence electrons. The molecular formula is C18H30N6O7S. The second-order valence-electron chi connectivity index (χ2n) is 7.04. The number of carboxylic acid groups (broad SMARTS) is 1. The van der Waals surface area contributed by atoms with Gasteiger partial charge in [-0.25, -0.2) is 9.78 Å². The molecule has 3 amide bonds. The highest BCUT2D eigenvalue weighted by Crippen LogP contribution is 2.03. The SMILES string of the molecule is CSCCC(N)C(=O)NC(CO)C(=O)NC(Cc1cnc[nH]1)C(=O)NC(C(=O)O)C(C)O. The molecule has 5 atom stereocenters. The van der Waals surface area contributed by atoms with Crippen molar-refractivity contribution in [1.29, 1.82) is 0 Å². The molecule has 0 radical (unpaired) electrons. The van der Waals surface area contributed by atoms with Gasteiger partial charge in [0.15, 0.2) is 6.04 Å². The van der Waals surface area contributed by atoms with Crippen LogP contribution >= 0.6 is 11.8 Å². The van der Waals surface area contributed by atoms with E-state index in [2.05, 4.69) is 25.9 Å². The van der Waals surface area contributed by atoms with E-state index in [-0.39, 0.29) is 6.42 Å². The van der Waals surface area contributed by atoms with Gasteiger partial charge in [-0.05, 0) is 25.4 Å². The first-order chi connectivity index (χ1) is 15.1. The number of thioether (sulfide) groups is 1. The van der Waals surface area contributed by atoms with Crippen molar-refractivity contribution in [3.05, 3.63) is 18.2 Å². The molecular weight excluding hydrogens is 444 g/mol. The molecule has 0 aliphatic carbocycles. The van der Waals surface area contributed by atoms with Gasteiger partial charge in [-0.3, -0.25) is 14.4 Å². The van der Waals surface area contributed by atoms with Crippen LogP contribution in [0.5, 0.6) is 0 Å². The molecule has 9 N–H and O–H groups in total. The zero-order valence-corrected chi connectivity index (χ0v) is 18.6. The molecule has 5 unspecified atom stereocenters. The number of aromatic nitrogens is 2. The van der Waals surface area contributed by atoms with E-state index in [1.807, 2.05) is 6.26 Å². The minimum Gasteiger partial charge on any atom is -0.480 e. The number of aliphatic hydroxyl groups excluding tert-OH is 2. The van der Waals surface area contributed by atoms with E-state index in [0.29, 0.717) is 17.9 Å². The number of hydrogen-bond acceptors (Lipinski definition) is 9. The minimum absolute atomic E-state index is 0.0942. The maximum absolute atomic E-state index is 12.7. The molecule has 0 aliphatic heterocycles. The fourth-order valence-corrected chi connectivity index (χ4v) is 3.08. The van der Waals surface area contributed by atoms with Crippen LogP contribution in [0, 0.1) is 0 Å². The van der Waals surface area contributed by atoms with E-state index >= 15 is 0 Å². The highest BCUT2D eigenvalue weighted by Gasteiger charge is 2.32. The van der Waals surface area contributed by atoms with E-state index in [0.717, 1.165) is 0 Å². The van der Waals surface area contributed by atoms with Gasteiger partial charge in [0.2, 0.25) is 17.7 Å². The maximum atomic E-state index is 12.7. The van der Waals surface area contributed by atoms with Crippen LogP contribution in [0.4, 0.5) is 0 Å². The van der Waals surface area contributed by atoms with Gasteiger partial charge in [0, 0.05) is 18.3 Å². The number of nitrogens with two attached hydrogens (primary N) is 1. The van der Waals surface area contributed by atoms with Crippen molar-refractivity contribution >= 4 is 35.5 Å². The van der Waals surface area contributed by atoms with Crippen molar-refractivity contribution in [2.24, 2.45) is 5.73 Å². The van der Waals surface area contributed by atoms with Crippen molar-refractivity contribution < 1.29 is 34.5 Å². The van der Waals surface area contributed by atoms with E-state index in [4.69, 9.17) is 5.73 Å². The topological polar surface area (TPSA) is 220 Å². The Balaban J connectivity index is 2.92. The molecule has 0 saturated heterocycles. The third-order valence-corrected chi connectivity index (χ3v) is 5.09. The molecule has 0 fully saturated rings. The number of aliphatic hydroxyl groups is 2. The summed E-state index contributed by atoms with van der Waals surface area (Å²) in [6.07, 6.45) is 3.50. The summed E-state index contributed by atoms with van der Waals surface area (Å²) in [7, 11) is 0. The second kappa shape index (κ2) is 13.7. The summed E-state index contributed by atoms with van der Waals surface area (Å²) in [5, 5.41) is 35.2. The number of carbonyl (C=O) groups is 4. The van der Waals surface area contributed by atoms with Crippen LogP contribution in [0.3, 0.4) is 0 Å². The highest BCUT2D eigenvalue weighted by molar-refractivity contribution is 7.98.